The van der Waals surface area contributed by atoms with Crippen LogP contribution in [0.5, 0.6) is 0 Å². The van der Waals surface area contributed by atoms with Crippen molar-refractivity contribution in [3.05, 3.63) is 53.3 Å². The normalized spacial score (nSPS) is 15.0. The second kappa shape index (κ2) is 7.90. The van der Waals surface area contributed by atoms with Crippen molar-refractivity contribution in [2.45, 2.75) is 51.6 Å². The molecule has 3 rings (SSSR count). The molecule has 1 aliphatic rings. The van der Waals surface area contributed by atoms with Gasteiger partial charge in [-0.3, -0.25) is 4.79 Å². The number of carbonyl (C=O) groups excluding carboxylic acids is 1. The molecule has 126 valence electrons. The number of rotatable bonds is 5. The number of aromatic nitrogens is 2. The van der Waals surface area contributed by atoms with E-state index < -0.39 is 0 Å². The van der Waals surface area contributed by atoms with E-state index >= 15 is 0 Å². The maximum Gasteiger partial charge on any atom is 0.270 e. The molecular formula is C19H24N4O. The summed E-state index contributed by atoms with van der Waals surface area (Å²) in [6.45, 7) is 2.70. The monoisotopic (exact) mass is 324 g/mol. The van der Waals surface area contributed by atoms with Crippen LogP contribution in [0.3, 0.4) is 0 Å². The molecule has 1 fully saturated rings. The van der Waals surface area contributed by atoms with Crippen molar-refractivity contribution in [1.82, 2.24) is 15.3 Å². The van der Waals surface area contributed by atoms with Crippen LogP contribution >= 0.6 is 0 Å². The highest BCUT2D eigenvalue weighted by molar-refractivity contribution is 5.92. The van der Waals surface area contributed by atoms with Gasteiger partial charge < -0.3 is 10.6 Å². The summed E-state index contributed by atoms with van der Waals surface area (Å²) in [5.74, 6) is 0.371. The van der Waals surface area contributed by atoms with Crippen molar-refractivity contribution in [2.24, 2.45) is 0 Å². The number of nitrogens with zero attached hydrogens (tertiary/aromatic N) is 2. The SMILES string of the molecule is Cc1cccc(CNc2nccc(C(=O)NC3CCCCC3)n2)c1. The molecule has 1 aromatic carbocycles. The van der Waals surface area contributed by atoms with Crippen LogP contribution in [0.4, 0.5) is 5.95 Å². The summed E-state index contributed by atoms with van der Waals surface area (Å²) in [7, 11) is 0. The van der Waals surface area contributed by atoms with Gasteiger partial charge in [0.25, 0.3) is 5.91 Å². The van der Waals surface area contributed by atoms with E-state index in [0.29, 0.717) is 18.2 Å². The summed E-state index contributed by atoms with van der Waals surface area (Å²) < 4.78 is 0. The fourth-order valence-corrected chi connectivity index (χ4v) is 3.08. The van der Waals surface area contributed by atoms with Crippen LogP contribution in [-0.4, -0.2) is 21.9 Å². The first-order valence-electron chi connectivity index (χ1n) is 8.64. The number of carbonyl (C=O) groups is 1. The Morgan fingerprint density at radius 1 is 1.21 bits per heavy atom. The van der Waals surface area contributed by atoms with E-state index in [1.54, 1.807) is 12.3 Å². The van der Waals surface area contributed by atoms with Gasteiger partial charge in [-0.05, 0) is 31.4 Å². The largest absolute Gasteiger partial charge is 0.350 e. The first kappa shape index (κ1) is 16.4. The molecule has 0 unspecified atom stereocenters. The van der Waals surface area contributed by atoms with Gasteiger partial charge in [0.2, 0.25) is 5.95 Å². The summed E-state index contributed by atoms with van der Waals surface area (Å²) in [4.78, 5) is 20.9. The number of nitrogens with one attached hydrogen (secondary N) is 2. The van der Waals surface area contributed by atoms with Gasteiger partial charge in [-0.15, -0.1) is 0 Å². The Labute approximate surface area is 142 Å². The Morgan fingerprint density at radius 2 is 2.04 bits per heavy atom. The summed E-state index contributed by atoms with van der Waals surface area (Å²) in [6, 6.07) is 10.2. The summed E-state index contributed by atoms with van der Waals surface area (Å²) >= 11 is 0. The zero-order valence-corrected chi connectivity index (χ0v) is 14.1. The smallest absolute Gasteiger partial charge is 0.270 e. The van der Waals surface area contributed by atoms with Crippen molar-refractivity contribution < 1.29 is 4.79 Å². The summed E-state index contributed by atoms with van der Waals surface area (Å²) in [5.41, 5.74) is 2.80. The van der Waals surface area contributed by atoms with Crippen LogP contribution in [0.15, 0.2) is 36.5 Å². The molecular weight excluding hydrogens is 300 g/mol. The number of benzene rings is 1. The Hall–Kier alpha value is -2.43. The average molecular weight is 324 g/mol. The van der Waals surface area contributed by atoms with E-state index in [2.05, 4.69) is 45.7 Å². The van der Waals surface area contributed by atoms with Crippen LogP contribution in [-0.2, 0) is 6.54 Å². The lowest BCUT2D eigenvalue weighted by molar-refractivity contribution is 0.0922. The van der Waals surface area contributed by atoms with Gasteiger partial charge in [-0.1, -0.05) is 49.1 Å². The first-order chi connectivity index (χ1) is 11.7. The lowest BCUT2D eigenvalue weighted by atomic mass is 9.95. The second-order valence-corrected chi connectivity index (χ2v) is 6.42. The molecule has 0 aliphatic heterocycles. The maximum atomic E-state index is 12.4. The zero-order chi connectivity index (χ0) is 16.8. The molecule has 1 amide bonds. The average Bonchev–Trinajstić information content (AvgIpc) is 2.61. The van der Waals surface area contributed by atoms with Crippen LogP contribution < -0.4 is 10.6 Å². The van der Waals surface area contributed by atoms with Gasteiger partial charge in [0.1, 0.15) is 5.69 Å². The molecule has 1 heterocycles. The van der Waals surface area contributed by atoms with Gasteiger partial charge in [0.15, 0.2) is 0 Å². The predicted octanol–water partition coefficient (Wildman–Crippen LogP) is 3.46. The topological polar surface area (TPSA) is 66.9 Å². The minimum Gasteiger partial charge on any atom is -0.350 e. The fraction of sp³-hybridized carbons (Fsp3) is 0.421. The Kier molecular flexibility index (Phi) is 5.41. The summed E-state index contributed by atoms with van der Waals surface area (Å²) in [5, 5.41) is 6.27. The number of aryl methyl sites for hydroxylation is 1. The van der Waals surface area contributed by atoms with E-state index in [-0.39, 0.29) is 11.9 Å². The van der Waals surface area contributed by atoms with E-state index in [1.807, 2.05) is 6.07 Å². The van der Waals surface area contributed by atoms with Gasteiger partial charge >= 0.3 is 0 Å². The molecule has 2 aromatic rings. The molecule has 0 saturated heterocycles. The molecule has 2 N–H and O–H groups in total. The van der Waals surface area contributed by atoms with Crippen molar-refractivity contribution in [2.75, 3.05) is 5.32 Å². The second-order valence-electron chi connectivity index (χ2n) is 6.42. The molecule has 0 atom stereocenters. The highest BCUT2D eigenvalue weighted by Crippen LogP contribution is 2.17. The minimum atomic E-state index is -0.108. The highest BCUT2D eigenvalue weighted by Gasteiger charge is 2.17. The van der Waals surface area contributed by atoms with Gasteiger partial charge in [-0.2, -0.15) is 0 Å². The zero-order valence-electron chi connectivity index (χ0n) is 14.1. The standard InChI is InChI=1S/C19H24N4O/c1-14-6-5-7-15(12-14)13-21-19-20-11-10-17(23-19)18(24)22-16-8-3-2-4-9-16/h5-7,10-12,16H,2-4,8-9,13H2,1H3,(H,22,24)(H,20,21,23). The van der Waals surface area contributed by atoms with E-state index in [4.69, 9.17) is 0 Å². The number of hydrogen-bond acceptors (Lipinski definition) is 4. The highest BCUT2D eigenvalue weighted by atomic mass is 16.1. The molecule has 0 radical (unpaired) electrons. The quantitative estimate of drug-likeness (QED) is 0.884. The fourth-order valence-electron chi connectivity index (χ4n) is 3.08. The van der Waals surface area contributed by atoms with Crippen molar-refractivity contribution >= 4 is 11.9 Å². The summed E-state index contributed by atoms with van der Waals surface area (Å²) in [6.07, 6.45) is 7.41. The predicted molar refractivity (Wildman–Crippen MR) is 94.9 cm³/mol. The molecule has 1 aromatic heterocycles. The van der Waals surface area contributed by atoms with E-state index in [9.17, 15) is 4.79 Å². The lowest BCUT2D eigenvalue weighted by Crippen LogP contribution is -2.36. The molecule has 24 heavy (non-hydrogen) atoms. The third-order valence-electron chi connectivity index (χ3n) is 4.36. The van der Waals surface area contributed by atoms with Crippen LogP contribution in [0.2, 0.25) is 0 Å². The Morgan fingerprint density at radius 3 is 2.83 bits per heavy atom. The molecule has 0 bridgehead atoms. The number of anilines is 1. The molecule has 1 saturated carbocycles. The third kappa shape index (κ3) is 4.54. The lowest BCUT2D eigenvalue weighted by Gasteiger charge is -2.22. The van der Waals surface area contributed by atoms with Crippen molar-refractivity contribution in [3.8, 4) is 0 Å². The molecule has 5 heteroatoms. The molecule has 5 nitrogen and oxygen atoms in total. The van der Waals surface area contributed by atoms with Crippen LogP contribution in [0.1, 0.15) is 53.7 Å². The Bertz CT molecular complexity index is 695. The molecule has 1 aliphatic carbocycles. The Balaban J connectivity index is 1.59. The van der Waals surface area contributed by atoms with Crippen molar-refractivity contribution in [1.29, 1.82) is 0 Å². The van der Waals surface area contributed by atoms with Crippen LogP contribution in [0, 0.1) is 6.92 Å². The van der Waals surface area contributed by atoms with Gasteiger partial charge in [0.05, 0.1) is 0 Å². The van der Waals surface area contributed by atoms with Crippen molar-refractivity contribution in [3.63, 3.8) is 0 Å². The third-order valence-corrected chi connectivity index (χ3v) is 4.36. The maximum absolute atomic E-state index is 12.4. The molecule has 0 spiro atoms. The first-order valence-corrected chi connectivity index (χ1v) is 8.64. The van der Waals surface area contributed by atoms with E-state index in [1.165, 1.54) is 24.8 Å². The number of amides is 1. The van der Waals surface area contributed by atoms with Gasteiger partial charge in [0, 0.05) is 18.8 Å². The van der Waals surface area contributed by atoms with Crippen LogP contribution in [0.25, 0.3) is 0 Å². The van der Waals surface area contributed by atoms with Gasteiger partial charge in [-0.25, -0.2) is 9.97 Å². The van der Waals surface area contributed by atoms with E-state index in [0.717, 1.165) is 18.4 Å². The minimum absolute atomic E-state index is 0.108. The number of hydrogen-bond donors (Lipinski definition) is 2.